The van der Waals surface area contributed by atoms with Crippen LogP contribution in [0.4, 0.5) is 5.82 Å². The van der Waals surface area contributed by atoms with E-state index in [1.807, 2.05) is 10.8 Å². The smallest absolute Gasteiger partial charge is 0.258 e. The first kappa shape index (κ1) is 14.6. The van der Waals surface area contributed by atoms with Crippen molar-refractivity contribution in [3.63, 3.8) is 0 Å². The SMILES string of the molecule is CC1CC(C2=CC=CC=CC2)Nc2c(C(=O)N(C)C)cnn21. The van der Waals surface area contributed by atoms with E-state index < -0.39 is 0 Å². The van der Waals surface area contributed by atoms with Gasteiger partial charge in [-0.1, -0.05) is 30.4 Å². The summed E-state index contributed by atoms with van der Waals surface area (Å²) in [5, 5.41) is 7.92. The van der Waals surface area contributed by atoms with Gasteiger partial charge in [0.25, 0.3) is 5.91 Å². The average Bonchev–Trinajstić information content (AvgIpc) is 2.73. The summed E-state index contributed by atoms with van der Waals surface area (Å²) in [6, 6.07) is 0.502. The van der Waals surface area contributed by atoms with Crippen LogP contribution in [-0.2, 0) is 0 Å². The minimum absolute atomic E-state index is 0.0174. The van der Waals surface area contributed by atoms with Gasteiger partial charge in [-0.25, -0.2) is 4.68 Å². The molecule has 5 nitrogen and oxygen atoms in total. The number of hydrogen-bond donors (Lipinski definition) is 1. The molecule has 1 aromatic rings. The van der Waals surface area contributed by atoms with Crippen LogP contribution in [0.25, 0.3) is 0 Å². The van der Waals surface area contributed by atoms with Crippen molar-refractivity contribution < 1.29 is 4.79 Å². The number of rotatable bonds is 2. The van der Waals surface area contributed by atoms with Crippen LogP contribution in [0, 0.1) is 0 Å². The Morgan fingerprint density at radius 2 is 2.18 bits per heavy atom. The standard InChI is InChI=1S/C17H22N4O/c1-12-10-15(13-8-6-4-5-7-9-13)19-16-14(11-18-21(12)16)17(22)20(2)3/h4-8,11-12,15,19H,9-10H2,1-3H3. The first-order valence-corrected chi connectivity index (χ1v) is 7.66. The molecular formula is C17H22N4O. The zero-order valence-corrected chi connectivity index (χ0v) is 13.3. The molecule has 0 fully saturated rings. The Hall–Kier alpha value is -2.30. The molecular weight excluding hydrogens is 276 g/mol. The summed E-state index contributed by atoms with van der Waals surface area (Å²) in [7, 11) is 3.53. The lowest BCUT2D eigenvalue weighted by molar-refractivity contribution is 0.0828. The Balaban J connectivity index is 1.92. The van der Waals surface area contributed by atoms with E-state index in [2.05, 4.69) is 41.6 Å². The highest BCUT2D eigenvalue weighted by Gasteiger charge is 2.30. The maximum absolute atomic E-state index is 12.3. The van der Waals surface area contributed by atoms with Gasteiger partial charge in [-0.3, -0.25) is 4.79 Å². The molecule has 0 bridgehead atoms. The second-order valence-electron chi connectivity index (χ2n) is 6.09. The van der Waals surface area contributed by atoms with Gasteiger partial charge in [-0.15, -0.1) is 0 Å². The Bertz CT molecular complexity index is 666. The number of aromatic nitrogens is 2. The minimum Gasteiger partial charge on any atom is -0.363 e. The van der Waals surface area contributed by atoms with E-state index in [4.69, 9.17) is 0 Å². The minimum atomic E-state index is -0.0174. The Morgan fingerprint density at radius 1 is 1.36 bits per heavy atom. The Labute approximate surface area is 131 Å². The molecule has 0 saturated carbocycles. The summed E-state index contributed by atoms with van der Waals surface area (Å²) in [5.41, 5.74) is 1.98. The third-order valence-corrected chi connectivity index (χ3v) is 4.21. The fraction of sp³-hybridized carbons (Fsp3) is 0.412. The molecule has 3 rings (SSSR count). The van der Waals surface area contributed by atoms with E-state index in [0.717, 1.165) is 18.7 Å². The molecule has 1 aliphatic heterocycles. The molecule has 116 valence electrons. The van der Waals surface area contributed by atoms with Crippen LogP contribution in [0.15, 0.2) is 42.2 Å². The van der Waals surface area contributed by atoms with E-state index in [9.17, 15) is 4.79 Å². The van der Waals surface area contributed by atoms with Crippen molar-refractivity contribution in [2.45, 2.75) is 31.8 Å². The summed E-state index contributed by atoms with van der Waals surface area (Å²) in [6.07, 6.45) is 14.1. The second-order valence-corrected chi connectivity index (χ2v) is 6.09. The van der Waals surface area contributed by atoms with Gasteiger partial charge >= 0.3 is 0 Å². The monoisotopic (exact) mass is 298 g/mol. The molecule has 0 aromatic carbocycles. The van der Waals surface area contributed by atoms with Gasteiger partial charge in [0.15, 0.2) is 0 Å². The summed E-state index contributed by atoms with van der Waals surface area (Å²) >= 11 is 0. The van der Waals surface area contributed by atoms with Crippen LogP contribution in [0.5, 0.6) is 0 Å². The van der Waals surface area contributed by atoms with Gasteiger partial charge in [0.1, 0.15) is 11.4 Å². The Kier molecular flexibility index (Phi) is 3.88. The molecule has 0 spiro atoms. The largest absolute Gasteiger partial charge is 0.363 e. The summed E-state index contributed by atoms with van der Waals surface area (Å²) in [4.78, 5) is 13.9. The molecule has 2 heterocycles. The molecule has 1 aliphatic carbocycles. The molecule has 2 atom stereocenters. The maximum atomic E-state index is 12.3. The van der Waals surface area contributed by atoms with E-state index in [1.54, 1.807) is 25.2 Å². The van der Waals surface area contributed by atoms with Gasteiger partial charge in [0.2, 0.25) is 0 Å². The molecule has 2 aliphatic rings. The van der Waals surface area contributed by atoms with E-state index in [-0.39, 0.29) is 18.0 Å². The van der Waals surface area contributed by atoms with Gasteiger partial charge in [0, 0.05) is 14.1 Å². The highest BCUT2D eigenvalue weighted by molar-refractivity contribution is 5.98. The van der Waals surface area contributed by atoms with Crippen molar-refractivity contribution in [3.05, 3.63) is 47.7 Å². The van der Waals surface area contributed by atoms with Crippen LogP contribution in [-0.4, -0.2) is 40.7 Å². The fourth-order valence-electron chi connectivity index (χ4n) is 3.00. The lowest BCUT2D eigenvalue weighted by atomic mass is 9.95. The number of anilines is 1. The molecule has 2 unspecified atom stereocenters. The number of hydrogen-bond acceptors (Lipinski definition) is 3. The number of nitrogens with one attached hydrogen (secondary N) is 1. The molecule has 0 saturated heterocycles. The quantitative estimate of drug-likeness (QED) is 0.913. The normalized spacial score (nSPS) is 23.3. The lowest BCUT2D eigenvalue weighted by Gasteiger charge is -2.32. The maximum Gasteiger partial charge on any atom is 0.258 e. The molecule has 0 radical (unpaired) electrons. The van der Waals surface area contributed by atoms with Gasteiger partial charge in [0.05, 0.1) is 18.3 Å². The summed E-state index contributed by atoms with van der Waals surface area (Å²) < 4.78 is 1.93. The van der Waals surface area contributed by atoms with Crippen molar-refractivity contribution in [2.24, 2.45) is 0 Å². The van der Waals surface area contributed by atoms with Crippen molar-refractivity contribution in [1.29, 1.82) is 0 Å². The van der Waals surface area contributed by atoms with Crippen LogP contribution in [0.1, 0.15) is 36.2 Å². The highest BCUT2D eigenvalue weighted by atomic mass is 16.2. The third-order valence-electron chi connectivity index (χ3n) is 4.21. The number of carbonyl (C=O) groups excluding carboxylic acids is 1. The third kappa shape index (κ3) is 2.58. The number of carbonyl (C=O) groups is 1. The molecule has 1 aromatic heterocycles. The molecule has 1 N–H and O–H groups in total. The fourth-order valence-corrected chi connectivity index (χ4v) is 3.00. The van der Waals surface area contributed by atoms with Crippen LogP contribution < -0.4 is 5.32 Å². The number of fused-ring (bicyclic) bond motifs is 1. The molecule has 22 heavy (non-hydrogen) atoms. The van der Waals surface area contributed by atoms with E-state index in [0.29, 0.717) is 5.56 Å². The topological polar surface area (TPSA) is 50.2 Å². The average molecular weight is 298 g/mol. The van der Waals surface area contributed by atoms with E-state index >= 15 is 0 Å². The lowest BCUT2D eigenvalue weighted by Crippen LogP contribution is -2.34. The van der Waals surface area contributed by atoms with Crippen LogP contribution >= 0.6 is 0 Å². The first-order valence-electron chi connectivity index (χ1n) is 7.66. The van der Waals surface area contributed by atoms with Crippen molar-refractivity contribution in [3.8, 4) is 0 Å². The zero-order valence-electron chi connectivity index (χ0n) is 13.3. The van der Waals surface area contributed by atoms with Gasteiger partial charge in [-0.2, -0.15) is 5.10 Å². The summed E-state index contributed by atoms with van der Waals surface area (Å²) in [6.45, 7) is 2.15. The zero-order chi connectivity index (χ0) is 15.7. The predicted octanol–water partition coefficient (Wildman–Crippen LogP) is 2.77. The molecule has 1 amide bonds. The van der Waals surface area contributed by atoms with Crippen molar-refractivity contribution in [1.82, 2.24) is 14.7 Å². The second kappa shape index (κ2) is 5.83. The Morgan fingerprint density at radius 3 is 2.95 bits per heavy atom. The highest BCUT2D eigenvalue weighted by Crippen LogP contribution is 2.33. The van der Waals surface area contributed by atoms with E-state index in [1.165, 1.54) is 5.57 Å². The van der Waals surface area contributed by atoms with Crippen LogP contribution in [0.2, 0.25) is 0 Å². The number of allylic oxidation sites excluding steroid dienone is 5. The van der Waals surface area contributed by atoms with Crippen molar-refractivity contribution >= 4 is 11.7 Å². The summed E-state index contributed by atoms with van der Waals surface area (Å²) in [5.74, 6) is 0.816. The number of amides is 1. The first-order chi connectivity index (χ1) is 10.6. The van der Waals surface area contributed by atoms with Gasteiger partial charge < -0.3 is 10.2 Å². The van der Waals surface area contributed by atoms with Gasteiger partial charge in [-0.05, 0) is 25.3 Å². The van der Waals surface area contributed by atoms with Crippen molar-refractivity contribution in [2.75, 3.05) is 19.4 Å². The van der Waals surface area contributed by atoms with Crippen LogP contribution in [0.3, 0.4) is 0 Å². The predicted molar refractivity (Wildman–Crippen MR) is 88.0 cm³/mol. The number of nitrogens with zero attached hydrogens (tertiary/aromatic N) is 3. The molecule has 5 heteroatoms.